The Balaban J connectivity index is 1.85. The second-order valence-corrected chi connectivity index (χ2v) is 6.00. The van der Waals surface area contributed by atoms with Crippen LogP contribution in [0.15, 0.2) is 24.3 Å². The van der Waals surface area contributed by atoms with E-state index < -0.39 is 0 Å². The molecule has 1 atom stereocenters. The number of amides is 2. The monoisotopic (exact) mass is 320 g/mol. The summed E-state index contributed by atoms with van der Waals surface area (Å²) in [5, 5.41) is 2.81. The van der Waals surface area contributed by atoms with Crippen LogP contribution in [0.1, 0.15) is 57.1 Å². The number of likely N-dealkylation sites (tertiary alicyclic amines) is 1. The van der Waals surface area contributed by atoms with Gasteiger partial charge in [0, 0.05) is 25.9 Å². The van der Waals surface area contributed by atoms with Crippen molar-refractivity contribution in [3.05, 3.63) is 35.6 Å². The summed E-state index contributed by atoms with van der Waals surface area (Å²) in [6.07, 6.45) is 4.01. The number of hydrogen-bond acceptors (Lipinski definition) is 2. The minimum absolute atomic E-state index is 0.00255. The molecule has 1 saturated heterocycles. The lowest BCUT2D eigenvalue weighted by molar-refractivity contribution is -0.132. The Morgan fingerprint density at radius 1 is 1.35 bits per heavy atom. The van der Waals surface area contributed by atoms with Crippen molar-refractivity contribution in [3.8, 4) is 0 Å². The number of nitrogens with zero attached hydrogens (tertiary/aromatic N) is 1. The molecule has 0 bridgehead atoms. The molecule has 0 spiro atoms. The van der Waals surface area contributed by atoms with Gasteiger partial charge < -0.3 is 10.2 Å². The van der Waals surface area contributed by atoms with Crippen LogP contribution in [0.3, 0.4) is 0 Å². The molecule has 0 radical (unpaired) electrons. The van der Waals surface area contributed by atoms with Gasteiger partial charge in [-0.1, -0.05) is 19.1 Å². The summed E-state index contributed by atoms with van der Waals surface area (Å²) in [6.45, 7) is 3.40. The SMILES string of the molecule is CCCNC(=O)CCCC(=O)N1CCC[C@H]1c1cccc(F)c1. The quantitative estimate of drug-likeness (QED) is 0.839. The van der Waals surface area contributed by atoms with Crippen LogP contribution in [0.5, 0.6) is 0 Å². The number of carbonyl (C=O) groups is 2. The molecule has 23 heavy (non-hydrogen) atoms. The first kappa shape index (κ1) is 17.4. The molecule has 1 heterocycles. The van der Waals surface area contributed by atoms with Crippen LogP contribution in [0.25, 0.3) is 0 Å². The molecule has 1 aliphatic rings. The lowest BCUT2D eigenvalue weighted by atomic mass is 10.0. The van der Waals surface area contributed by atoms with E-state index in [0.717, 1.165) is 24.8 Å². The summed E-state index contributed by atoms with van der Waals surface area (Å²) in [4.78, 5) is 25.8. The zero-order chi connectivity index (χ0) is 16.7. The summed E-state index contributed by atoms with van der Waals surface area (Å²) in [6, 6.07) is 6.45. The maximum absolute atomic E-state index is 13.4. The van der Waals surface area contributed by atoms with Crippen LogP contribution >= 0.6 is 0 Å². The number of hydrogen-bond donors (Lipinski definition) is 1. The molecule has 0 saturated carbocycles. The Hall–Kier alpha value is -1.91. The molecule has 1 fully saturated rings. The second-order valence-electron chi connectivity index (χ2n) is 6.00. The molecular formula is C18H25FN2O2. The molecular weight excluding hydrogens is 295 g/mol. The minimum atomic E-state index is -0.269. The zero-order valence-corrected chi connectivity index (χ0v) is 13.7. The number of benzene rings is 1. The molecule has 5 heteroatoms. The third-order valence-corrected chi connectivity index (χ3v) is 4.17. The van der Waals surface area contributed by atoms with Crippen molar-refractivity contribution in [3.63, 3.8) is 0 Å². The van der Waals surface area contributed by atoms with Gasteiger partial charge in [0.15, 0.2) is 0 Å². The van der Waals surface area contributed by atoms with E-state index in [0.29, 0.717) is 32.4 Å². The summed E-state index contributed by atoms with van der Waals surface area (Å²) < 4.78 is 13.4. The van der Waals surface area contributed by atoms with Gasteiger partial charge in [0.1, 0.15) is 5.82 Å². The third-order valence-electron chi connectivity index (χ3n) is 4.17. The van der Waals surface area contributed by atoms with Crippen LogP contribution in [0, 0.1) is 5.82 Å². The van der Waals surface area contributed by atoms with Crippen molar-refractivity contribution < 1.29 is 14.0 Å². The van der Waals surface area contributed by atoms with Gasteiger partial charge in [-0.25, -0.2) is 4.39 Å². The molecule has 1 aromatic rings. The van der Waals surface area contributed by atoms with Crippen LogP contribution in [-0.4, -0.2) is 29.8 Å². The van der Waals surface area contributed by atoms with Crippen molar-refractivity contribution in [1.82, 2.24) is 10.2 Å². The molecule has 0 aliphatic carbocycles. The maximum Gasteiger partial charge on any atom is 0.223 e. The van der Waals surface area contributed by atoms with E-state index in [1.165, 1.54) is 12.1 Å². The first-order valence-electron chi connectivity index (χ1n) is 8.43. The predicted octanol–water partition coefficient (Wildman–Crippen LogP) is 3.19. The second kappa shape index (κ2) is 8.65. The molecule has 4 nitrogen and oxygen atoms in total. The highest BCUT2D eigenvalue weighted by atomic mass is 19.1. The average Bonchev–Trinajstić information content (AvgIpc) is 3.02. The Morgan fingerprint density at radius 2 is 2.17 bits per heavy atom. The van der Waals surface area contributed by atoms with Gasteiger partial charge in [-0.05, 0) is 43.4 Å². The molecule has 1 aromatic carbocycles. The van der Waals surface area contributed by atoms with Crippen LogP contribution < -0.4 is 5.32 Å². The molecule has 2 rings (SSSR count). The van der Waals surface area contributed by atoms with E-state index in [4.69, 9.17) is 0 Å². The summed E-state index contributed by atoms with van der Waals surface area (Å²) >= 11 is 0. The van der Waals surface area contributed by atoms with Crippen molar-refractivity contribution in [2.45, 2.75) is 51.5 Å². The Bertz CT molecular complexity index is 548. The smallest absolute Gasteiger partial charge is 0.223 e. The maximum atomic E-state index is 13.4. The standard InChI is InChI=1S/C18H25FN2O2/c1-2-11-20-17(22)9-4-10-18(23)21-12-5-8-16(21)14-6-3-7-15(19)13-14/h3,6-7,13,16H,2,4-5,8-12H2,1H3,(H,20,22)/t16-/m0/s1. The zero-order valence-electron chi connectivity index (χ0n) is 13.7. The molecule has 0 unspecified atom stereocenters. The van der Waals surface area contributed by atoms with Crippen molar-refractivity contribution in [1.29, 1.82) is 0 Å². The normalized spacial score (nSPS) is 17.3. The Kier molecular flexibility index (Phi) is 6.56. The van der Waals surface area contributed by atoms with Gasteiger partial charge in [0.25, 0.3) is 0 Å². The highest BCUT2D eigenvalue weighted by Crippen LogP contribution is 2.32. The van der Waals surface area contributed by atoms with E-state index in [1.807, 2.05) is 17.9 Å². The lowest BCUT2D eigenvalue weighted by Crippen LogP contribution is -2.31. The number of carbonyl (C=O) groups excluding carboxylic acids is 2. The molecule has 1 aliphatic heterocycles. The van der Waals surface area contributed by atoms with Crippen molar-refractivity contribution >= 4 is 11.8 Å². The topological polar surface area (TPSA) is 49.4 Å². The highest BCUT2D eigenvalue weighted by Gasteiger charge is 2.29. The fourth-order valence-corrected chi connectivity index (χ4v) is 3.02. The van der Waals surface area contributed by atoms with E-state index in [1.54, 1.807) is 6.07 Å². The van der Waals surface area contributed by atoms with Crippen LogP contribution in [0.4, 0.5) is 4.39 Å². The van der Waals surface area contributed by atoms with Crippen LogP contribution in [0.2, 0.25) is 0 Å². The fraction of sp³-hybridized carbons (Fsp3) is 0.556. The Labute approximate surface area is 137 Å². The van der Waals surface area contributed by atoms with Gasteiger partial charge in [0.2, 0.25) is 11.8 Å². The van der Waals surface area contributed by atoms with E-state index in [-0.39, 0.29) is 23.7 Å². The van der Waals surface area contributed by atoms with Gasteiger partial charge in [-0.15, -0.1) is 0 Å². The third kappa shape index (κ3) is 5.05. The molecule has 0 aromatic heterocycles. The van der Waals surface area contributed by atoms with Crippen LogP contribution in [-0.2, 0) is 9.59 Å². The molecule has 2 amide bonds. The number of rotatable bonds is 7. The lowest BCUT2D eigenvalue weighted by Gasteiger charge is -2.25. The molecule has 1 N–H and O–H groups in total. The van der Waals surface area contributed by atoms with Crippen molar-refractivity contribution in [2.75, 3.05) is 13.1 Å². The van der Waals surface area contributed by atoms with Gasteiger partial charge in [-0.3, -0.25) is 9.59 Å². The first-order valence-corrected chi connectivity index (χ1v) is 8.43. The Morgan fingerprint density at radius 3 is 2.91 bits per heavy atom. The van der Waals surface area contributed by atoms with Crippen molar-refractivity contribution in [2.24, 2.45) is 0 Å². The summed E-state index contributed by atoms with van der Waals surface area (Å²) in [7, 11) is 0. The summed E-state index contributed by atoms with van der Waals surface area (Å²) in [5.74, 6) is -0.211. The largest absolute Gasteiger partial charge is 0.356 e. The van der Waals surface area contributed by atoms with Gasteiger partial charge in [0.05, 0.1) is 6.04 Å². The van der Waals surface area contributed by atoms with Gasteiger partial charge >= 0.3 is 0 Å². The van der Waals surface area contributed by atoms with E-state index in [9.17, 15) is 14.0 Å². The number of nitrogens with one attached hydrogen (secondary N) is 1. The van der Waals surface area contributed by atoms with E-state index in [2.05, 4.69) is 5.32 Å². The fourth-order valence-electron chi connectivity index (χ4n) is 3.02. The van der Waals surface area contributed by atoms with Gasteiger partial charge in [-0.2, -0.15) is 0 Å². The molecule has 126 valence electrons. The highest BCUT2D eigenvalue weighted by molar-refractivity contribution is 5.79. The average molecular weight is 320 g/mol. The number of halogens is 1. The predicted molar refractivity (Wildman–Crippen MR) is 87.2 cm³/mol. The summed E-state index contributed by atoms with van der Waals surface area (Å²) in [5.41, 5.74) is 0.858. The first-order chi connectivity index (χ1) is 11.1. The van der Waals surface area contributed by atoms with E-state index >= 15 is 0 Å². The minimum Gasteiger partial charge on any atom is -0.356 e.